The molecule has 0 radical (unpaired) electrons. The van der Waals surface area contributed by atoms with Crippen molar-refractivity contribution in [2.24, 2.45) is 0 Å². The van der Waals surface area contributed by atoms with Gasteiger partial charge in [-0.05, 0) is 13.3 Å². The molecule has 74 valence electrons. The van der Waals surface area contributed by atoms with Gasteiger partial charge in [0.05, 0.1) is 6.42 Å². The normalized spacial score (nSPS) is 9.08. The predicted octanol–water partition coefficient (Wildman–Crippen LogP) is 1.35. The van der Waals surface area contributed by atoms with Crippen molar-refractivity contribution in [3.63, 3.8) is 0 Å². The van der Waals surface area contributed by atoms with Gasteiger partial charge in [0.25, 0.3) is 0 Å². The number of hydrogen-bond donors (Lipinski definition) is 0. The van der Waals surface area contributed by atoms with Gasteiger partial charge in [-0.1, -0.05) is 13.3 Å². The van der Waals surface area contributed by atoms with Crippen LogP contribution in [0, 0.1) is 0 Å². The minimum Gasteiger partial charge on any atom is -0.374 e. The Morgan fingerprint density at radius 3 is 2.38 bits per heavy atom. The van der Waals surface area contributed by atoms with Gasteiger partial charge in [0.15, 0.2) is 5.78 Å². The number of carbonyl (C=O) groups is 2. The monoisotopic (exact) mass is 262 g/mol. The third-order valence-corrected chi connectivity index (χ3v) is 1.35. The second-order valence-corrected chi connectivity index (χ2v) is 2.82. The molecule has 0 rings (SSSR count). The van der Waals surface area contributed by atoms with Crippen molar-refractivity contribution in [3.05, 3.63) is 0 Å². The van der Waals surface area contributed by atoms with Crippen LogP contribution in [0.25, 0.3) is 0 Å². The molecule has 0 spiro atoms. The maximum Gasteiger partial charge on any atom is 0.165 e. The van der Waals surface area contributed by atoms with Crippen LogP contribution in [0.2, 0.25) is 0 Å². The largest absolute Gasteiger partial charge is 0.374 e. The van der Waals surface area contributed by atoms with Crippen LogP contribution >= 0.6 is 0 Å². The number of hydrogen-bond acceptors (Lipinski definition) is 3. The molecule has 0 aromatic carbocycles. The maximum absolute atomic E-state index is 10.9. The van der Waals surface area contributed by atoms with Crippen molar-refractivity contribution in [2.75, 3.05) is 13.2 Å². The Bertz CT molecular complexity index is 157. The SMILES string of the molecule is CCCCOCC(=O)CC(C)=O.[Zr]. The van der Waals surface area contributed by atoms with Crippen LogP contribution in [0.1, 0.15) is 33.1 Å². The van der Waals surface area contributed by atoms with E-state index in [0.29, 0.717) is 6.61 Å². The molecule has 4 heteroatoms. The van der Waals surface area contributed by atoms with Crippen molar-refractivity contribution in [1.29, 1.82) is 0 Å². The van der Waals surface area contributed by atoms with E-state index in [1.807, 2.05) is 0 Å². The van der Waals surface area contributed by atoms with Crippen molar-refractivity contribution < 1.29 is 40.5 Å². The molecule has 0 aliphatic rings. The zero-order chi connectivity index (χ0) is 9.40. The molecule has 3 nitrogen and oxygen atoms in total. The third kappa shape index (κ3) is 12.2. The summed E-state index contributed by atoms with van der Waals surface area (Å²) in [5.41, 5.74) is 0. The topological polar surface area (TPSA) is 43.4 Å². The van der Waals surface area contributed by atoms with E-state index < -0.39 is 0 Å². The van der Waals surface area contributed by atoms with Crippen molar-refractivity contribution in [1.82, 2.24) is 0 Å². The first-order valence-electron chi connectivity index (χ1n) is 4.25. The summed E-state index contributed by atoms with van der Waals surface area (Å²) in [7, 11) is 0. The summed E-state index contributed by atoms with van der Waals surface area (Å²) in [6.45, 7) is 4.16. The molecule has 0 bridgehead atoms. The molecule has 0 heterocycles. The van der Waals surface area contributed by atoms with Gasteiger partial charge in [-0.15, -0.1) is 0 Å². The molecule has 0 fully saturated rings. The zero-order valence-electron chi connectivity index (χ0n) is 8.26. The van der Waals surface area contributed by atoms with Gasteiger partial charge in [-0.2, -0.15) is 0 Å². The molecule has 13 heavy (non-hydrogen) atoms. The van der Waals surface area contributed by atoms with Crippen LogP contribution in [0.5, 0.6) is 0 Å². The van der Waals surface area contributed by atoms with E-state index >= 15 is 0 Å². The van der Waals surface area contributed by atoms with Crippen LogP contribution in [-0.2, 0) is 40.5 Å². The summed E-state index contributed by atoms with van der Waals surface area (Å²) in [5, 5.41) is 0. The summed E-state index contributed by atoms with van der Waals surface area (Å²) in [5.74, 6) is -0.224. The fraction of sp³-hybridized carbons (Fsp3) is 0.778. The average molecular weight is 263 g/mol. The van der Waals surface area contributed by atoms with Gasteiger partial charge in [0, 0.05) is 32.8 Å². The van der Waals surface area contributed by atoms with Gasteiger partial charge in [-0.3, -0.25) is 9.59 Å². The molecule has 0 unspecified atom stereocenters. The molecule has 0 saturated heterocycles. The number of ketones is 2. The van der Waals surface area contributed by atoms with E-state index in [0.717, 1.165) is 12.8 Å². The third-order valence-electron chi connectivity index (χ3n) is 1.35. The molecule has 0 aromatic rings. The van der Waals surface area contributed by atoms with Crippen molar-refractivity contribution in [2.45, 2.75) is 33.1 Å². The van der Waals surface area contributed by atoms with Crippen LogP contribution in [0.15, 0.2) is 0 Å². The molecule has 0 aliphatic carbocycles. The maximum atomic E-state index is 10.9. The molecule has 0 saturated carbocycles. The van der Waals surface area contributed by atoms with Crippen LogP contribution in [-0.4, -0.2) is 24.8 Å². The first kappa shape index (κ1) is 15.6. The quantitative estimate of drug-likeness (QED) is 0.514. The van der Waals surface area contributed by atoms with Gasteiger partial charge in [-0.25, -0.2) is 0 Å². The molecule has 0 N–H and O–H groups in total. The van der Waals surface area contributed by atoms with E-state index in [2.05, 4.69) is 6.92 Å². The predicted molar refractivity (Wildman–Crippen MR) is 46.0 cm³/mol. The Morgan fingerprint density at radius 1 is 1.31 bits per heavy atom. The Hall–Kier alpha value is 0.183. The van der Waals surface area contributed by atoms with E-state index in [-0.39, 0.29) is 50.8 Å². The standard InChI is InChI=1S/C9H16O3.Zr/c1-3-4-5-12-7-9(11)6-8(2)10;/h3-7H2,1-2H3;. The summed E-state index contributed by atoms with van der Waals surface area (Å²) < 4.78 is 5.03. The number of Topliss-reactive ketones (excluding diaryl/α,β-unsaturated/α-hetero) is 2. The van der Waals surface area contributed by atoms with Crippen molar-refractivity contribution in [3.8, 4) is 0 Å². The second-order valence-electron chi connectivity index (χ2n) is 2.82. The fourth-order valence-corrected chi connectivity index (χ4v) is 0.761. The number of rotatable bonds is 7. The minimum absolute atomic E-state index is 0. The average Bonchev–Trinajstić information content (AvgIpc) is 1.97. The van der Waals surface area contributed by atoms with Gasteiger partial charge in [0.1, 0.15) is 12.4 Å². The van der Waals surface area contributed by atoms with Crippen LogP contribution < -0.4 is 0 Å². The first-order valence-corrected chi connectivity index (χ1v) is 4.25. The molecular weight excluding hydrogens is 247 g/mol. The smallest absolute Gasteiger partial charge is 0.165 e. The number of carbonyl (C=O) groups excluding carboxylic acids is 2. The van der Waals surface area contributed by atoms with Crippen molar-refractivity contribution >= 4 is 11.6 Å². The number of unbranched alkanes of at least 4 members (excludes halogenated alkanes) is 1. The van der Waals surface area contributed by atoms with E-state index in [1.165, 1.54) is 6.92 Å². The molecule has 0 amide bonds. The van der Waals surface area contributed by atoms with E-state index in [4.69, 9.17) is 4.74 Å². The van der Waals surface area contributed by atoms with Crippen LogP contribution in [0.4, 0.5) is 0 Å². The second kappa shape index (κ2) is 10.3. The summed E-state index contributed by atoms with van der Waals surface area (Å²) >= 11 is 0. The Morgan fingerprint density at radius 2 is 1.92 bits per heavy atom. The number of ether oxygens (including phenoxy) is 1. The Kier molecular flexibility index (Phi) is 12.4. The summed E-state index contributed by atoms with van der Waals surface area (Å²) in [4.78, 5) is 21.3. The molecule has 0 atom stereocenters. The molecule has 0 aliphatic heterocycles. The first-order chi connectivity index (χ1) is 5.66. The van der Waals surface area contributed by atoms with Crippen LogP contribution in [0.3, 0.4) is 0 Å². The Balaban J connectivity index is 0. The summed E-state index contributed by atoms with van der Waals surface area (Å²) in [6.07, 6.45) is 2.03. The summed E-state index contributed by atoms with van der Waals surface area (Å²) in [6, 6.07) is 0. The van der Waals surface area contributed by atoms with Gasteiger partial charge >= 0.3 is 0 Å². The van der Waals surface area contributed by atoms with E-state index in [1.54, 1.807) is 0 Å². The van der Waals surface area contributed by atoms with Gasteiger partial charge < -0.3 is 4.74 Å². The van der Waals surface area contributed by atoms with Gasteiger partial charge in [0.2, 0.25) is 0 Å². The molecular formula is C9H16O3Zr. The fourth-order valence-electron chi connectivity index (χ4n) is 0.761. The van der Waals surface area contributed by atoms with E-state index in [9.17, 15) is 9.59 Å². The minimum atomic E-state index is -0.126. The zero-order valence-corrected chi connectivity index (χ0v) is 10.7. The Labute approximate surface area is 98.3 Å². The molecule has 0 aromatic heterocycles.